The average molecular weight is 477 g/mol. The molecule has 5 rings (SSSR count). The number of carbonyl (C=O) groups excluding carboxylic acids is 1. The summed E-state index contributed by atoms with van der Waals surface area (Å²) in [5, 5.41) is 7.44. The van der Waals surface area contributed by atoms with Crippen LogP contribution in [0.2, 0.25) is 0 Å². The summed E-state index contributed by atoms with van der Waals surface area (Å²) in [4.78, 5) is 15.3. The second-order valence-corrected chi connectivity index (χ2v) is 10.7. The van der Waals surface area contributed by atoms with Gasteiger partial charge in [0, 0.05) is 31.6 Å². The van der Waals surface area contributed by atoms with Crippen LogP contribution in [0.4, 0.5) is 13.2 Å². The van der Waals surface area contributed by atoms with Crippen LogP contribution in [-0.2, 0) is 17.4 Å². The minimum atomic E-state index is -4.33. The second kappa shape index (κ2) is 9.41. The number of amides is 1. The van der Waals surface area contributed by atoms with E-state index >= 15 is 0 Å². The second-order valence-electron chi connectivity index (χ2n) is 9.96. The Bertz CT molecular complexity index is 949. The van der Waals surface area contributed by atoms with E-state index in [-0.39, 0.29) is 11.8 Å². The third-order valence-electron chi connectivity index (χ3n) is 7.96. The molecule has 0 bridgehead atoms. The highest BCUT2D eigenvalue weighted by atomic mass is 32.1. The van der Waals surface area contributed by atoms with E-state index in [1.807, 2.05) is 0 Å². The van der Waals surface area contributed by atoms with Gasteiger partial charge in [0.1, 0.15) is 0 Å². The molecular weight excluding hydrogens is 445 g/mol. The molecule has 1 amide bonds. The molecule has 1 aromatic heterocycles. The first-order valence-corrected chi connectivity index (χ1v) is 13.0. The standard InChI is InChI=1S/C26H31F3N2OS/c27-26(28,29)20-5-1-3-17(13-20)9-11-30-25(32)24-22-14-31(15-23(22)24)21-6-2-4-18(7-8-21)19-10-12-33-16-19/h1,3,5,10,12-13,16,18,21-24H,2,4,6-9,11,14-15H2,(H,30,32)/t18-,21-,22-,23+,24?/m1/s1. The summed E-state index contributed by atoms with van der Waals surface area (Å²) in [5.74, 6) is 1.78. The molecule has 3 fully saturated rings. The van der Waals surface area contributed by atoms with Crippen LogP contribution in [0.1, 0.15) is 54.7 Å². The summed E-state index contributed by atoms with van der Waals surface area (Å²) in [7, 11) is 0. The van der Waals surface area contributed by atoms with Gasteiger partial charge in [0.15, 0.2) is 0 Å². The van der Waals surface area contributed by atoms with Crippen molar-refractivity contribution in [2.75, 3.05) is 19.6 Å². The number of piperidine rings is 1. The first-order chi connectivity index (χ1) is 15.9. The van der Waals surface area contributed by atoms with Crippen molar-refractivity contribution in [2.24, 2.45) is 17.8 Å². The van der Waals surface area contributed by atoms with E-state index in [0.29, 0.717) is 42.3 Å². The maximum atomic E-state index is 12.9. The van der Waals surface area contributed by atoms with E-state index in [2.05, 4.69) is 27.0 Å². The van der Waals surface area contributed by atoms with Gasteiger partial charge in [0.2, 0.25) is 5.91 Å². The van der Waals surface area contributed by atoms with Crippen LogP contribution in [-0.4, -0.2) is 36.5 Å². The van der Waals surface area contributed by atoms with Crippen LogP contribution in [0.5, 0.6) is 0 Å². The van der Waals surface area contributed by atoms with Crippen LogP contribution in [0.15, 0.2) is 41.1 Å². The lowest BCUT2D eigenvalue weighted by Gasteiger charge is -2.29. The number of hydrogen-bond donors (Lipinski definition) is 1. The summed E-state index contributed by atoms with van der Waals surface area (Å²) >= 11 is 1.79. The van der Waals surface area contributed by atoms with Gasteiger partial charge in [-0.1, -0.05) is 24.6 Å². The number of carbonyl (C=O) groups is 1. The van der Waals surface area contributed by atoms with Crippen molar-refractivity contribution in [3.05, 3.63) is 57.8 Å². The van der Waals surface area contributed by atoms with Crippen molar-refractivity contribution >= 4 is 17.2 Å². The molecule has 1 aromatic carbocycles. The minimum Gasteiger partial charge on any atom is -0.356 e. The van der Waals surface area contributed by atoms with Gasteiger partial charge >= 0.3 is 6.18 Å². The lowest BCUT2D eigenvalue weighted by atomic mass is 9.94. The molecule has 1 unspecified atom stereocenters. The highest BCUT2D eigenvalue weighted by molar-refractivity contribution is 7.07. The Kier molecular flexibility index (Phi) is 6.54. The summed E-state index contributed by atoms with van der Waals surface area (Å²) < 4.78 is 38.6. The van der Waals surface area contributed by atoms with Crippen molar-refractivity contribution in [1.29, 1.82) is 0 Å². The lowest BCUT2D eigenvalue weighted by Crippen LogP contribution is -2.38. The Morgan fingerprint density at radius 2 is 1.91 bits per heavy atom. The first-order valence-electron chi connectivity index (χ1n) is 12.1. The lowest BCUT2D eigenvalue weighted by molar-refractivity contribution is -0.137. The van der Waals surface area contributed by atoms with E-state index in [9.17, 15) is 18.0 Å². The number of thiophene rings is 1. The highest BCUT2D eigenvalue weighted by Gasteiger charge is 2.59. The molecule has 178 valence electrons. The summed E-state index contributed by atoms with van der Waals surface area (Å²) in [6.45, 7) is 2.42. The van der Waals surface area contributed by atoms with Gasteiger partial charge in [-0.25, -0.2) is 0 Å². The van der Waals surface area contributed by atoms with Crippen LogP contribution in [0, 0.1) is 17.8 Å². The Labute approximate surface area is 197 Å². The smallest absolute Gasteiger partial charge is 0.356 e. The number of halogens is 3. The van der Waals surface area contributed by atoms with Gasteiger partial charge in [0.25, 0.3) is 0 Å². The quantitative estimate of drug-likeness (QED) is 0.541. The monoisotopic (exact) mass is 476 g/mol. The van der Waals surface area contributed by atoms with Crippen molar-refractivity contribution in [3.63, 3.8) is 0 Å². The summed E-state index contributed by atoms with van der Waals surface area (Å²) in [6.07, 6.45) is 2.39. The van der Waals surface area contributed by atoms with E-state index in [1.165, 1.54) is 49.8 Å². The van der Waals surface area contributed by atoms with E-state index in [1.54, 1.807) is 17.4 Å². The SMILES string of the molecule is O=C(NCCc1cccc(C(F)(F)F)c1)C1[C@H]2CN([C@@H]3CCC[C@@H](c4ccsc4)CC3)C[C@@H]12. The fraction of sp³-hybridized carbons (Fsp3) is 0.577. The Balaban J connectivity index is 1.05. The van der Waals surface area contributed by atoms with Crippen molar-refractivity contribution < 1.29 is 18.0 Å². The number of benzene rings is 1. The molecule has 1 aliphatic heterocycles. The number of rotatable bonds is 6. The minimum absolute atomic E-state index is 0.0787. The molecular formula is C26H31F3N2OS. The molecule has 3 nitrogen and oxygen atoms in total. The van der Waals surface area contributed by atoms with E-state index < -0.39 is 11.7 Å². The van der Waals surface area contributed by atoms with Gasteiger partial charge in [-0.3, -0.25) is 9.69 Å². The van der Waals surface area contributed by atoms with Crippen molar-refractivity contribution in [1.82, 2.24) is 10.2 Å². The van der Waals surface area contributed by atoms with Gasteiger partial charge in [-0.2, -0.15) is 24.5 Å². The Morgan fingerprint density at radius 1 is 1.09 bits per heavy atom. The topological polar surface area (TPSA) is 32.3 Å². The zero-order valence-corrected chi connectivity index (χ0v) is 19.5. The van der Waals surface area contributed by atoms with E-state index in [4.69, 9.17) is 0 Å². The molecule has 0 radical (unpaired) electrons. The fourth-order valence-corrected chi connectivity index (χ4v) is 6.83. The van der Waals surface area contributed by atoms with Crippen LogP contribution in [0.3, 0.4) is 0 Å². The van der Waals surface area contributed by atoms with Crippen molar-refractivity contribution in [3.8, 4) is 0 Å². The average Bonchev–Trinajstić information content (AvgIpc) is 3.08. The molecule has 3 aliphatic rings. The largest absolute Gasteiger partial charge is 0.416 e. The zero-order valence-electron chi connectivity index (χ0n) is 18.7. The molecule has 2 saturated carbocycles. The van der Waals surface area contributed by atoms with Gasteiger partial charge in [0.05, 0.1) is 5.56 Å². The van der Waals surface area contributed by atoms with Crippen molar-refractivity contribution in [2.45, 2.75) is 56.7 Å². The van der Waals surface area contributed by atoms with Gasteiger partial charge in [-0.05, 0) is 83.9 Å². The Hall–Kier alpha value is -1.86. The molecule has 1 N–H and O–H groups in total. The van der Waals surface area contributed by atoms with Gasteiger partial charge < -0.3 is 5.32 Å². The molecule has 2 heterocycles. The number of nitrogens with one attached hydrogen (secondary N) is 1. The third kappa shape index (κ3) is 5.14. The van der Waals surface area contributed by atoms with Crippen LogP contribution < -0.4 is 5.32 Å². The molecule has 2 aromatic rings. The molecule has 5 atom stereocenters. The number of alkyl halides is 3. The summed E-state index contributed by atoms with van der Waals surface area (Å²) in [6, 6.07) is 8.28. The van der Waals surface area contributed by atoms with Crippen LogP contribution >= 0.6 is 11.3 Å². The first kappa shape index (κ1) is 22.9. The van der Waals surface area contributed by atoms with E-state index in [0.717, 1.165) is 19.2 Å². The predicted octanol–water partition coefficient (Wildman–Crippen LogP) is 5.72. The molecule has 2 aliphatic carbocycles. The fourth-order valence-electron chi connectivity index (χ4n) is 6.08. The molecule has 33 heavy (non-hydrogen) atoms. The molecule has 0 spiro atoms. The number of fused-ring (bicyclic) bond motifs is 1. The van der Waals surface area contributed by atoms with Crippen LogP contribution in [0.25, 0.3) is 0 Å². The van der Waals surface area contributed by atoms with Gasteiger partial charge in [-0.15, -0.1) is 0 Å². The third-order valence-corrected chi connectivity index (χ3v) is 8.66. The number of hydrogen-bond acceptors (Lipinski definition) is 3. The maximum Gasteiger partial charge on any atom is 0.416 e. The molecule has 1 saturated heterocycles. The summed E-state index contributed by atoms with van der Waals surface area (Å²) in [5.41, 5.74) is 1.47. The number of likely N-dealkylation sites (tertiary alicyclic amines) is 1. The maximum absolute atomic E-state index is 12.9. The predicted molar refractivity (Wildman–Crippen MR) is 124 cm³/mol. The Morgan fingerprint density at radius 3 is 2.64 bits per heavy atom. The number of nitrogens with zero attached hydrogens (tertiary/aromatic N) is 1. The molecule has 7 heteroatoms. The zero-order chi connectivity index (χ0) is 23.0. The highest BCUT2D eigenvalue weighted by Crippen LogP contribution is 2.53. The normalized spacial score (nSPS) is 30.0.